The van der Waals surface area contributed by atoms with Gasteiger partial charge in [0.2, 0.25) is 0 Å². The molecule has 0 atom stereocenters. The first-order chi connectivity index (χ1) is 7.63. The van der Waals surface area contributed by atoms with Crippen LogP contribution in [0.4, 0.5) is 5.82 Å². The summed E-state index contributed by atoms with van der Waals surface area (Å²) in [6.07, 6.45) is 3.68. The molecule has 0 aromatic carbocycles. The SMILES string of the molecule is CNc1cc(C(=O)N(C)C2CC2)c(Cl)cn1. The summed E-state index contributed by atoms with van der Waals surface area (Å²) in [5.41, 5.74) is 0.510. The summed E-state index contributed by atoms with van der Waals surface area (Å²) in [6, 6.07) is 2.07. The number of carbonyl (C=O) groups is 1. The minimum absolute atomic E-state index is 0.0357. The third-order valence-electron chi connectivity index (χ3n) is 2.76. The van der Waals surface area contributed by atoms with Crippen molar-refractivity contribution in [2.45, 2.75) is 18.9 Å². The van der Waals surface area contributed by atoms with Crippen LogP contribution in [0, 0.1) is 0 Å². The number of nitrogens with one attached hydrogen (secondary N) is 1. The molecule has 0 bridgehead atoms. The minimum Gasteiger partial charge on any atom is -0.373 e. The zero-order valence-corrected chi connectivity index (χ0v) is 10.1. The summed E-state index contributed by atoms with van der Waals surface area (Å²) in [4.78, 5) is 17.9. The number of aromatic nitrogens is 1. The van der Waals surface area contributed by atoms with Crippen LogP contribution >= 0.6 is 11.6 Å². The lowest BCUT2D eigenvalue weighted by atomic mass is 10.2. The van der Waals surface area contributed by atoms with Crippen molar-refractivity contribution in [3.8, 4) is 0 Å². The van der Waals surface area contributed by atoms with Gasteiger partial charge in [0.1, 0.15) is 5.82 Å². The van der Waals surface area contributed by atoms with Gasteiger partial charge in [0.05, 0.1) is 10.6 Å². The number of pyridine rings is 1. The fraction of sp³-hybridized carbons (Fsp3) is 0.455. The maximum absolute atomic E-state index is 12.1. The highest BCUT2D eigenvalue weighted by atomic mass is 35.5. The van der Waals surface area contributed by atoms with Gasteiger partial charge in [-0.3, -0.25) is 4.79 Å². The van der Waals surface area contributed by atoms with Crippen LogP contribution in [0.15, 0.2) is 12.3 Å². The molecule has 1 heterocycles. The summed E-state index contributed by atoms with van der Waals surface area (Å²) < 4.78 is 0. The van der Waals surface area contributed by atoms with Gasteiger partial charge in [-0.1, -0.05) is 11.6 Å². The number of amides is 1. The van der Waals surface area contributed by atoms with E-state index in [0.29, 0.717) is 22.4 Å². The predicted octanol–water partition coefficient (Wildman–Crippen LogP) is 2.01. The largest absolute Gasteiger partial charge is 0.373 e. The summed E-state index contributed by atoms with van der Waals surface area (Å²) in [6.45, 7) is 0. The monoisotopic (exact) mass is 239 g/mol. The Kier molecular flexibility index (Phi) is 3.01. The molecule has 4 nitrogen and oxygen atoms in total. The van der Waals surface area contributed by atoms with E-state index < -0.39 is 0 Å². The Labute approximate surface area is 99.6 Å². The Morgan fingerprint density at radius 2 is 2.31 bits per heavy atom. The minimum atomic E-state index is -0.0357. The molecule has 1 saturated carbocycles. The highest BCUT2D eigenvalue weighted by molar-refractivity contribution is 6.33. The topological polar surface area (TPSA) is 45.2 Å². The van der Waals surface area contributed by atoms with E-state index in [-0.39, 0.29) is 5.91 Å². The van der Waals surface area contributed by atoms with Crippen LogP contribution in [-0.2, 0) is 0 Å². The first kappa shape index (κ1) is 11.2. The molecule has 0 spiro atoms. The van der Waals surface area contributed by atoms with E-state index in [2.05, 4.69) is 10.3 Å². The maximum Gasteiger partial charge on any atom is 0.255 e. The fourth-order valence-electron chi connectivity index (χ4n) is 1.56. The number of halogens is 1. The Balaban J connectivity index is 2.27. The summed E-state index contributed by atoms with van der Waals surface area (Å²) in [5, 5.41) is 3.29. The first-order valence-corrected chi connectivity index (χ1v) is 5.61. The Hall–Kier alpha value is -1.29. The molecule has 5 heteroatoms. The van der Waals surface area contributed by atoms with E-state index in [1.807, 2.05) is 7.05 Å². The molecule has 16 heavy (non-hydrogen) atoms. The standard InChI is InChI=1S/C11H14ClN3O/c1-13-10-5-8(9(12)6-14-10)11(16)15(2)7-3-4-7/h5-7H,3-4H2,1-2H3,(H,13,14). The molecular formula is C11H14ClN3O. The molecule has 1 aromatic heterocycles. The van der Waals surface area contributed by atoms with E-state index in [9.17, 15) is 4.79 Å². The number of nitrogens with zero attached hydrogens (tertiary/aromatic N) is 2. The van der Waals surface area contributed by atoms with E-state index in [1.165, 1.54) is 6.20 Å². The van der Waals surface area contributed by atoms with Crippen molar-refractivity contribution in [1.29, 1.82) is 0 Å². The number of hydrogen-bond acceptors (Lipinski definition) is 3. The molecule has 1 fully saturated rings. The second-order valence-electron chi connectivity index (χ2n) is 3.95. The van der Waals surface area contributed by atoms with Crippen molar-refractivity contribution in [1.82, 2.24) is 9.88 Å². The lowest BCUT2D eigenvalue weighted by Crippen LogP contribution is -2.29. The second kappa shape index (κ2) is 4.29. The number of rotatable bonds is 3. The third kappa shape index (κ3) is 2.11. The first-order valence-electron chi connectivity index (χ1n) is 5.24. The smallest absolute Gasteiger partial charge is 0.255 e. The lowest BCUT2D eigenvalue weighted by Gasteiger charge is -2.17. The zero-order valence-electron chi connectivity index (χ0n) is 9.33. The zero-order chi connectivity index (χ0) is 11.7. The molecule has 1 aliphatic rings. The van der Waals surface area contributed by atoms with E-state index in [1.54, 1.807) is 18.0 Å². The van der Waals surface area contributed by atoms with Gasteiger partial charge in [-0.05, 0) is 18.9 Å². The third-order valence-corrected chi connectivity index (χ3v) is 3.06. The molecular weight excluding hydrogens is 226 g/mol. The van der Waals surface area contributed by atoms with Crippen molar-refractivity contribution in [3.63, 3.8) is 0 Å². The van der Waals surface area contributed by atoms with Gasteiger partial charge in [-0.2, -0.15) is 0 Å². The van der Waals surface area contributed by atoms with Crippen molar-refractivity contribution in [3.05, 3.63) is 22.8 Å². The molecule has 0 unspecified atom stereocenters. The van der Waals surface area contributed by atoms with E-state index in [4.69, 9.17) is 11.6 Å². The number of anilines is 1. The van der Waals surface area contributed by atoms with Gasteiger partial charge >= 0.3 is 0 Å². The Morgan fingerprint density at radius 1 is 1.62 bits per heavy atom. The van der Waals surface area contributed by atoms with Gasteiger partial charge in [0, 0.05) is 26.3 Å². The van der Waals surface area contributed by atoms with Crippen molar-refractivity contribution in [2.75, 3.05) is 19.4 Å². The summed E-state index contributed by atoms with van der Waals surface area (Å²) in [7, 11) is 3.57. The van der Waals surface area contributed by atoms with Crippen LogP contribution in [0.1, 0.15) is 23.2 Å². The Bertz CT molecular complexity index is 418. The van der Waals surface area contributed by atoms with Gasteiger partial charge < -0.3 is 10.2 Å². The molecule has 1 aromatic rings. The fourth-order valence-corrected chi connectivity index (χ4v) is 1.74. The molecule has 0 aliphatic heterocycles. The van der Waals surface area contributed by atoms with Crippen LogP contribution in [0.2, 0.25) is 5.02 Å². The van der Waals surface area contributed by atoms with Crippen LogP contribution in [0.5, 0.6) is 0 Å². The highest BCUT2D eigenvalue weighted by Gasteiger charge is 2.31. The van der Waals surface area contributed by atoms with Gasteiger partial charge in [0.25, 0.3) is 5.91 Å². The second-order valence-corrected chi connectivity index (χ2v) is 4.35. The van der Waals surface area contributed by atoms with Gasteiger partial charge in [-0.25, -0.2) is 4.98 Å². The van der Waals surface area contributed by atoms with Crippen LogP contribution in [0.25, 0.3) is 0 Å². The predicted molar refractivity (Wildman–Crippen MR) is 63.9 cm³/mol. The van der Waals surface area contributed by atoms with Gasteiger partial charge in [-0.15, -0.1) is 0 Å². The molecule has 1 aliphatic carbocycles. The quantitative estimate of drug-likeness (QED) is 0.878. The number of hydrogen-bond donors (Lipinski definition) is 1. The molecule has 1 amide bonds. The van der Waals surface area contributed by atoms with E-state index >= 15 is 0 Å². The highest BCUT2D eigenvalue weighted by Crippen LogP contribution is 2.28. The molecule has 0 radical (unpaired) electrons. The normalized spacial score (nSPS) is 14.7. The summed E-state index contributed by atoms with van der Waals surface area (Å²) >= 11 is 5.98. The van der Waals surface area contributed by atoms with Crippen molar-refractivity contribution in [2.24, 2.45) is 0 Å². The maximum atomic E-state index is 12.1. The van der Waals surface area contributed by atoms with Crippen LogP contribution in [-0.4, -0.2) is 35.9 Å². The average Bonchev–Trinajstić information content (AvgIpc) is 3.12. The molecule has 0 saturated heterocycles. The van der Waals surface area contributed by atoms with Crippen LogP contribution in [0.3, 0.4) is 0 Å². The van der Waals surface area contributed by atoms with Crippen molar-refractivity contribution >= 4 is 23.3 Å². The van der Waals surface area contributed by atoms with E-state index in [0.717, 1.165) is 12.8 Å². The average molecular weight is 240 g/mol. The molecule has 86 valence electrons. The van der Waals surface area contributed by atoms with Crippen LogP contribution < -0.4 is 5.32 Å². The Morgan fingerprint density at radius 3 is 2.88 bits per heavy atom. The van der Waals surface area contributed by atoms with Gasteiger partial charge in [0.15, 0.2) is 0 Å². The lowest BCUT2D eigenvalue weighted by molar-refractivity contribution is 0.0785. The number of carbonyl (C=O) groups excluding carboxylic acids is 1. The van der Waals surface area contributed by atoms with Crippen molar-refractivity contribution < 1.29 is 4.79 Å². The summed E-state index contributed by atoms with van der Waals surface area (Å²) in [5.74, 6) is 0.614. The molecule has 1 N–H and O–H groups in total. The molecule has 2 rings (SSSR count).